The fourth-order valence-electron chi connectivity index (χ4n) is 1.65. The first-order valence-corrected chi connectivity index (χ1v) is 7.08. The molecule has 0 unspecified atom stereocenters. The van der Waals surface area contributed by atoms with Gasteiger partial charge < -0.3 is 10.1 Å². The first-order valence-electron chi connectivity index (χ1n) is 6.29. The zero-order chi connectivity index (χ0) is 13.5. The van der Waals surface area contributed by atoms with Crippen molar-refractivity contribution >= 4 is 21.7 Å². The van der Waals surface area contributed by atoms with Crippen LogP contribution >= 0.6 is 15.9 Å². The number of nitrogens with one attached hydrogen (secondary N) is 1. The number of aromatic nitrogens is 1. The first kappa shape index (κ1) is 14.0. The molecule has 1 aromatic carbocycles. The Morgan fingerprint density at radius 1 is 1.11 bits per heavy atom. The van der Waals surface area contributed by atoms with Gasteiger partial charge in [-0.25, -0.2) is 4.98 Å². The number of hydrogen-bond acceptors (Lipinski definition) is 3. The van der Waals surface area contributed by atoms with E-state index in [0.29, 0.717) is 6.61 Å². The maximum absolute atomic E-state index is 5.37. The maximum atomic E-state index is 5.37. The quantitative estimate of drug-likeness (QED) is 0.873. The third-order valence-corrected chi connectivity index (χ3v) is 3.17. The molecule has 0 saturated heterocycles. The third kappa shape index (κ3) is 4.65. The van der Waals surface area contributed by atoms with Gasteiger partial charge in [0.2, 0.25) is 0 Å². The summed E-state index contributed by atoms with van der Waals surface area (Å²) >= 11 is 3.37. The zero-order valence-corrected chi connectivity index (χ0v) is 12.5. The van der Waals surface area contributed by atoms with Crippen LogP contribution in [0.15, 0.2) is 47.1 Å². The van der Waals surface area contributed by atoms with Crippen molar-refractivity contribution in [3.8, 4) is 0 Å². The molecule has 4 heteroatoms. The van der Waals surface area contributed by atoms with Crippen molar-refractivity contribution in [3.05, 3.63) is 58.2 Å². The summed E-state index contributed by atoms with van der Waals surface area (Å²) in [5.74, 6) is 0.876. The molecule has 0 fully saturated rings. The summed E-state index contributed by atoms with van der Waals surface area (Å²) in [5.41, 5.74) is 2.43. The Balaban J connectivity index is 1.87. The molecule has 0 aliphatic rings. The van der Waals surface area contributed by atoms with E-state index in [2.05, 4.69) is 50.5 Å². The molecular formula is C15H17BrN2O. The van der Waals surface area contributed by atoms with E-state index < -0.39 is 0 Å². The smallest absolute Gasteiger partial charge is 0.126 e. The number of benzene rings is 1. The second-order valence-corrected chi connectivity index (χ2v) is 5.08. The SMILES string of the molecule is CCOCc1ccc(CNc2ccc(Br)cn2)cc1. The summed E-state index contributed by atoms with van der Waals surface area (Å²) in [6.07, 6.45) is 1.79. The van der Waals surface area contributed by atoms with E-state index in [1.54, 1.807) is 6.20 Å². The molecule has 3 nitrogen and oxygen atoms in total. The molecule has 2 rings (SSSR count). The average Bonchev–Trinajstić information content (AvgIpc) is 2.46. The Morgan fingerprint density at radius 2 is 1.84 bits per heavy atom. The summed E-state index contributed by atoms with van der Waals surface area (Å²) < 4.78 is 6.35. The lowest BCUT2D eigenvalue weighted by Crippen LogP contribution is -2.01. The maximum Gasteiger partial charge on any atom is 0.126 e. The van der Waals surface area contributed by atoms with Crippen molar-refractivity contribution in [1.29, 1.82) is 0 Å². The Morgan fingerprint density at radius 3 is 2.47 bits per heavy atom. The van der Waals surface area contributed by atoms with Gasteiger partial charge in [0.15, 0.2) is 0 Å². The minimum absolute atomic E-state index is 0.679. The highest BCUT2D eigenvalue weighted by Gasteiger charge is 1.97. The first-order chi connectivity index (χ1) is 9.28. The van der Waals surface area contributed by atoms with Crippen molar-refractivity contribution in [2.24, 2.45) is 0 Å². The number of rotatable bonds is 6. The summed E-state index contributed by atoms with van der Waals surface area (Å²) in [5, 5.41) is 3.29. The van der Waals surface area contributed by atoms with E-state index in [-0.39, 0.29) is 0 Å². The van der Waals surface area contributed by atoms with E-state index in [1.807, 2.05) is 19.1 Å². The molecule has 100 valence electrons. The second-order valence-electron chi connectivity index (χ2n) is 4.17. The van der Waals surface area contributed by atoms with Gasteiger partial charge in [0.25, 0.3) is 0 Å². The standard InChI is InChI=1S/C15H17BrN2O/c1-2-19-11-13-5-3-12(4-6-13)9-17-15-8-7-14(16)10-18-15/h3-8,10H,2,9,11H2,1H3,(H,17,18). The van der Waals surface area contributed by atoms with E-state index in [1.165, 1.54) is 11.1 Å². The monoisotopic (exact) mass is 320 g/mol. The van der Waals surface area contributed by atoms with Crippen molar-refractivity contribution in [2.45, 2.75) is 20.1 Å². The molecule has 0 spiro atoms. The van der Waals surface area contributed by atoms with E-state index in [9.17, 15) is 0 Å². The van der Waals surface area contributed by atoms with Crippen LogP contribution in [0.25, 0.3) is 0 Å². The van der Waals surface area contributed by atoms with Gasteiger partial charge in [-0.15, -0.1) is 0 Å². The fourth-order valence-corrected chi connectivity index (χ4v) is 1.88. The predicted molar refractivity (Wildman–Crippen MR) is 81.0 cm³/mol. The number of pyridine rings is 1. The molecule has 1 heterocycles. The number of ether oxygens (including phenoxy) is 1. The minimum Gasteiger partial charge on any atom is -0.377 e. The van der Waals surface area contributed by atoms with Crippen LogP contribution in [-0.2, 0) is 17.9 Å². The van der Waals surface area contributed by atoms with Gasteiger partial charge in [-0.2, -0.15) is 0 Å². The molecule has 0 amide bonds. The Kier molecular flexibility index (Phi) is 5.36. The van der Waals surface area contributed by atoms with Crippen LogP contribution in [0, 0.1) is 0 Å². The van der Waals surface area contributed by atoms with Crippen LogP contribution in [0.2, 0.25) is 0 Å². The number of hydrogen-bond donors (Lipinski definition) is 1. The van der Waals surface area contributed by atoms with E-state index >= 15 is 0 Å². The second kappa shape index (κ2) is 7.26. The number of nitrogens with zero attached hydrogens (tertiary/aromatic N) is 1. The molecular weight excluding hydrogens is 304 g/mol. The van der Waals surface area contributed by atoms with Gasteiger partial charge in [-0.1, -0.05) is 24.3 Å². The predicted octanol–water partition coefficient (Wildman–Crippen LogP) is 3.99. The highest BCUT2D eigenvalue weighted by atomic mass is 79.9. The number of halogens is 1. The molecule has 2 aromatic rings. The van der Waals surface area contributed by atoms with Gasteiger partial charge in [-0.05, 0) is 46.1 Å². The number of anilines is 1. The van der Waals surface area contributed by atoms with Crippen LogP contribution in [-0.4, -0.2) is 11.6 Å². The van der Waals surface area contributed by atoms with Gasteiger partial charge in [0.1, 0.15) is 5.82 Å². The van der Waals surface area contributed by atoms with E-state index in [0.717, 1.165) is 23.4 Å². The van der Waals surface area contributed by atoms with Gasteiger partial charge in [-0.3, -0.25) is 0 Å². The lowest BCUT2D eigenvalue weighted by Gasteiger charge is -2.07. The largest absolute Gasteiger partial charge is 0.377 e. The van der Waals surface area contributed by atoms with Crippen molar-refractivity contribution in [2.75, 3.05) is 11.9 Å². The summed E-state index contributed by atoms with van der Waals surface area (Å²) in [4.78, 5) is 4.27. The van der Waals surface area contributed by atoms with Crippen molar-refractivity contribution in [3.63, 3.8) is 0 Å². The topological polar surface area (TPSA) is 34.1 Å². The molecule has 0 aliphatic carbocycles. The van der Waals surface area contributed by atoms with Crippen LogP contribution in [0.3, 0.4) is 0 Å². The fraction of sp³-hybridized carbons (Fsp3) is 0.267. The Hall–Kier alpha value is -1.39. The summed E-state index contributed by atoms with van der Waals surface area (Å²) in [6.45, 7) is 4.20. The van der Waals surface area contributed by atoms with Gasteiger partial charge >= 0.3 is 0 Å². The van der Waals surface area contributed by atoms with Crippen molar-refractivity contribution in [1.82, 2.24) is 4.98 Å². The molecule has 0 atom stereocenters. The summed E-state index contributed by atoms with van der Waals surface area (Å²) in [7, 11) is 0. The molecule has 0 aliphatic heterocycles. The van der Waals surface area contributed by atoms with Gasteiger partial charge in [0, 0.05) is 23.8 Å². The highest BCUT2D eigenvalue weighted by Crippen LogP contribution is 2.12. The molecule has 0 bridgehead atoms. The summed E-state index contributed by atoms with van der Waals surface area (Å²) in [6, 6.07) is 12.3. The molecule has 1 aromatic heterocycles. The van der Waals surface area contributed by atoms with Crippen molar-refractivity contribution < 1.29 is 4.74 Å². The molecule has 19 heavy (non-hydrogen) atoms. The zero-order valence-electron chi connectivity index (χ0n) is 10.9. The average molecular weight is 321 g/mol. The van der Waals surface area contributed by atoms with Crippen LogP contribution in [0.5, 0.6) is 0 Å². The Labute approximate surface area is 122 Å². The highest BCUT2D eigenvalue weighted by molar-refractivity contribution is 9.10. The molecule has 0 radical (unpaired) electrons. The van der Waals surface area contributed by atoms with Crippen LogP contribution in [0.1, 0.15) is 18.1 Å². The lowest BCUT2D eigenvalue weighted by molar-refractivity contribution is 0.134. The normalized spacial score (nSPS) is 10.4. The van der Waals surface area contributed by atoms with Gasteiger partial charge in [0.05, 0.1) is 6.61 Å². The third-order valence-electron chi connectivity index (χ3n) is 2.70. The lowest BCUT2D eigenvalue weighted by atomic mass is 10.1. The Bertz CT molecular complexity index is 497. The van der Waals surface area contributed by atoms with E-state index in [4.69, 9.17) is 4.74 Å². The molecule has 1 N–H and O–H groups in total. The van der Waals surface area contributed by atoms with Crippen LogP contribution < -0.4 is 5.32 Å². The van der Waals surface area contributed by atoms with Crippen LogP contribution in [0.4, 0.5) is 5.82 Å². The molecule has 0 saturated carbocycles. The minimum atomic E-state index is 0.679.